The monoisotopic (exact) mass is 411 g/mol. The summed E-state index contributed by atoms with van der Waals surface area (Å²) in [5, 5.41) is 3.18. The predicted molar refractivity (Wildman–Crippen MR) is 104 cm³/mol. The zero-order valence-corrected chi connectivity index (χ0v) is 16.6. The van der Waals surface area contributed by atoms with Gasteiger partial charge in [-0.2, -0.15) is 0 Å². The van der Waals surface area contributed by atoms with Gasteiger partial charge in [-0.1, -0.05) is 23.7 Å². The van der Waals surface area contributed by atoms with Crippen LogP contribution in [0.2, 0.25) is 5.02 Å². The van der Waals surface area contributed by atoms with E-state index in [0.29, 0.717) is 24.8 Å². The Bertz CT molecular complexity index is 835. The molecule has 1 amide bonds. The Hall–Kier alpha value is -2.09. The third-order valence-electron chi connectivity index (χ3n) is 3.74. The van der Waals surface area contributed by atoms with Crippen molar-refractivity contribution in [3.63, 3.8) is 0 Å². The second kappa shape index (κ2) is 10.3. The van der Waals surface area contributed by atoms with Crippen molar-refractivity contribution in [2.45, 2.75) is 17.9 Å². The number of carbonyl (C=O) groups is 1. The lowest BCUT2D eigenvalue weighted by Gasteiger charge is -2.08. The van der Waals surface area contributed by atoms with Gasteiger partial charge < -0.3 is 14.8 Å². The highest BCUT2D eigenvalue weighted by atomic mass is 35.5. The summed E-state index contributed by atoms with van der Waals surface area (Å²) in [6.07, 6.45) is -0.108. The summed E-state index contributed by atoms with van der Waals surface area (Å²) in [7, 11) is -1.91. The first kappa shape index (κ1) is 21.2. The Morgan fingerprint density at radius 1 is 1.04 bits per heavy atom. The number of nitrogens with one attached hydrogen (secondary N) is 1. The summed E-state index contributed by atoms with van der Waals surface area (Å²) < 4.78 is 34.8. The van der Waals surface area contributed by atoms with Crippen molar-refractivity contribution in [3.05, 3.63) is 59.1 Å². The Balaban J connectivity index is 1.78. The molecular weight excluding hydrogens is 390 g/mol. The highest BCUT2D eigenvalue weighted by Crippen LogP contribution is 2.16. The number of amides is 1. The quantitative estimate of drug-likeness (QED) is 0.608. The molecule has 0 aliphatic rings. The van der Waals surface area contributed by atoms with Crippen LogP contribution >= 0.6 is 11.6 Å². The molecular formula is C19H22ClNO5S. The molecule has 0 bridgehead atoms. The maximum absolute atomic E-state index is 12.2. The number of ether oxygens (including phenoxy) is 2. The molecule has 0 aromatic heterocycles. The van der Waals surface area contributed by atoms with Gasteiger partial charge in [-0.25, -0.2) is 8.42 Å². The summed E-state index contributed by atoms with van der Waals surface area (Å²) in [6.45, 7) is 1.30. The first-order valence-corrected chi connectivity index (χ1v) is 10.4. The lowest BCUT2D eigenvalue weighted by atomic mass is 10.2. The average molecular weight is 412 g/mol. The lowest BCUT2D eigenvalue weighted by Crippen LogP contribution is -2.25. The molecule has 0 fully saturated rings. The summed E-state index contributed by atoms with van der Waals surface area (Å²) in [5.74, 6) is 0.136. The Kier molecular flexibility index (Phi) is 8.09. The second-order valence-electron chi connectivity index (χ2n) is 5.78. The number of hydrogen-bond acceptors (Lipinski definition) is 5. The van der Waals surface area contributed by atoms with Crippen LogP contribution in [0.1, 0.15) is 12.0 Å². The number of benzene rings is 2. The van der Waals surface area contributed by atoms with Crippen LogP contribution in [-0.4, -0.2) is 40.4 Å². The van der Waals surface area contributed by atoms with Crippen molar-refractivity contribution in [2.24, 2.45) is 0 Å². The van der Waals surface area contributed by atoms with Crippen LogP contribution < -0.4 is 10.1 Å². The highest BCUT2D eigenvalue weighted by molar-refractivity contribution is 7.91. The van der Waals surface area contributed by atoms with Crippen molar-refractivity contribution < 1.29 is 22.7 Å². The normalized spacial score (nSPS) is 11.2. The standard InChI is InChI=1S/C19H22ClNO5S/c1-25-11-12-26-17-6-2-15(3-7-17)14-21-19(22)10-13-27(23,24)18-8-4-16(20)5-9-18/h2-9H,10-14H2,1H3,(H,21,22). The van der Waals surface area contributed by atoms with Crippen LogP contribution in [0.3, 0.4) is 0 Å². The molecule has 2 rings (SSSR count). The third-order valence-corrected chi connectivity index (χ3v) is 5.72. The number of sulfone groups is 1. The summed E-state index contributed by atoms with van der Waals surface area (Å²) in [4.78, 5) is 12.1. The maximum Gasteiger partial charge on any atom is 0.221 e. The maximum atomic E-state index is 12.2. The van der Waals surface area contributed by atoms with E-state index >= 15 is 0 Å². The summed E-state index contributed by atoms with van der Waals surface area (Å²) in [5.41, 5.74) is 0.892. The zero-order chi connectivity index (χ0) is 19.7. The van der Waals surface area contributed by atoms with Crippen LogP contribution in [-0.2, 0) is 25.9 Å². The molecule has 2 aromatic rings. The number of rotatable bonds is 10. The van der Waals surface area contributed by atoms with Gasteiger partial charge in [0.25, 0.3) is 0 Å². The Labute approximate surface area is 164 Å². The van der Waals surface area contributed by atoms with Gasteiger partial charge in [0.05, 0.1) is 17.3 Å². The molecule has 146 valence electrons. The van der Waals surface area contributed by atoms with E-state index in [1.807, 2.05) is 24.3 Å². The van der Waals surface area contributed by atoms with Crippen LogP contribution in [0.4, 0.5) is 0 Å². The molecule has 0 saturated heterocycles. The third kappa shape index (κ3) is 7.21. The van der Waals surface area contributed by atoms with Crippen LogP contribution in [0.15, 0.2) is 53.4 Å². The molecule has 0 aliphatic carbocycles. The van der Waals surface area contributed by atoms with Gasteiger partial charge in [0.15, 0.2) is 9.84 Å². The first-order chi connectivity index (χ1) is 12.9. The molecule has 0 radical (unpaired) electrons. The smallest absolute Gasteiger partial charge is 0.221 e. The minimum atomic E-state index is -3.52. The molecule has 2 aromatic carbocycles. The molecule has 1 N–H and O–H groups in total. The number of methoxy groups -OCH3 is 1. The predicted octanol–water partition coefficient (Wildman–Crippen LogP) is 2.85. The number of halogens is 1. The van der Waals surface area contributed by atoms with Gasteiger partial charge in [-0.15, -0.1) is 0 Å². The van der Waals surface area contributed by atoms with E-state index in [4.69, 9.17) is 21.1 Å². The molecule has 0 spiro atoms. The molecule has 0 atom stereocenters. The zero-order valence-electron chi connectivity index (χ0n) is 15.0. The van der Waals surface area contributed by atoms with E-state index in [-0.39, 0.29) is 23.0 Å². The SMILES string of the molecule is COCCOc1ccc(CNC(=O)CCS(=O)(=O)c2ccc(Cl)cc2)cc1. The molecule has 8 heteroatoms. The van der Waals surface area contributed by atoms with Crippen molar-refractivity contribution in [3.8, 4) is 5.75 Å². The first-order valence-electron chi connectivity index (χ1n) is 8.36. The van der Waals surface area contributed by atoms with Crippen molar-refractivity contribution >= 4 is 27.3 Å². The molecule has 6 nitrogen and oxygen atoms in total. The van der Waals surface area contributed by atoms with Gasteiger partial charge in [0.2, 0.25) is 5.91 Å². The van der Waals surface area contributed by atoms with E-state index in [9.17, 15) is 13.2 Å². The minimum absolute atomic E-state index is 0.108. The molecule has 0 aliphatic heterocycles. The fourth-order valence-electron chi connectivity index (χ4n) is 2.22. The van der Waals surface area contributed by atoms with E-state index < -0.39 is 9.84 Å². The minimum Gasteiger partial charge on any atom is -0.491 e. The van der Waals surface area contributed by atoms with Crippen LogP contribution in [0, 0.1) is 0 Å². The van der Waals surface area contributed by atoms with Crippen molar-refractivity contribution in [1.82, 2.24) is 5.32 Å². The fourth-order valence-corrected chi connectivity index (χ4v) is 3.59. The molecule has 0 unspecified atom stereocenters. The fraction of sp³-hybridized carbons (Fsp3) is 0.316. The van der Waals surface area contributed by atoms with E-state index in [1.54, 1.807) is 7.11 Å². The lowest BCUT2D eigenvalue weighted by molar-refractivity contribution is -0.120. The Morgan fingerprint density at radius 2 is 1.70 bits per heavy atom. The van der Waals surface area contributed by atoms with Crippen molar-refractivity contribution in [1.29, 1.82) is 0 Å². The van der Waals surface area contributed by atoms with E-state index in [0.717, 1.165) is 11.3 Å². The van der Waals surface area contributed by atoms with Gasteiger partial charge in [-0.3, -0.25) is 4.79 Å². The second-order valence-corrected chi connectivity index (χ2v) is 8.33. The molecule has 27 heavy (non-hydrogen) atoms. The van der Waals surface area contributed by atoms with Crippen LogP contribution in [0.25, 0.3) is 0 Å². The summed E-state index contributed by atoms with van der Waals surface area (Å²) >= 11 is 5.76. The number of carbonyl (C=O) groups excluding carboxylic acids is 1. The van der Waals surface area contributed by atoms with E-state index in [1.165, 1.54) is 24.3 Å². The number of hydrogen-bond donors (Lipinski definition) is 1. The van der Waals surface area contributed by atoms with Gasteiger partial charge in [-0.05, 0) is 42.0 Å². The van der Waals surface area contributed by atoms with Gasteiger partial charge >= 0.3 is 0 Å². The molecule has 0 heterocycles. The van der Waals surface area contributed by atoms with Crippen molar-refractivity contribution in [2.75, 3.05) is 26.1 Å². The largest absolute Gasteiger partial charge is 0.491 e. The Morgan fingerprint density at radius 3 is 2.33 bits per heavy atom. The summed E-state index contributed by atoms with van der Waals surface area (Å²) in [6, 6.07) is 13.2. The van der Waals surface area contributed by atoms with Gasteiger partial charge in [0.1, 0.15) is 12.4 Å². The molecule has 0 saturated carbocycles. The van der Waals surface area contributed by atoms with Crippen LogP contribution in [0.5, 0.6) is 5.75 Å². The van der Waals surface area contributed by atoms with E-state index in [2.05, 4.69) is 5.32 Å². The average Bonchev–Trinajstić information content (AvgIpc) is 2.66. The topological polar surface area (TPSA) is 81.7 Å². The van der Waals surface area contributed by atoms with Gasteiger partial charge in [0, 0.05) is 25.1 Å². The highest BCUT2D eigenvalue weighted by Gasteiger charge is 2.16.